The first-order chi connectivity index (χ1) is 16.2. The number of hydroxylamine groups is 2. The first-order valence-electron chi connectivity index (χ1n) is 13.0. The third-order valence-electron chi connectivity index (χ3n) is 6.88. The predicted octanol–water partition coefficient (Wildman–Crippen LogP) is 7.32. The average Bonchev–Trinajstić information content (AvgIpc) is 3.06. The van der Waals surface area contributed by atoms with Crippen LogP contribution in [0.3, 0.4) is 0 Å². The molecule has 1 fully saturated rings. The van der Waals surface area contributed by atoms with Gasteiger partial charge in [0.1, 0.15) is 6.10 Å². The molecule has 1 saturated heterocycles. The monoisotopic (exact) mass is 465 g/mol. The molecule has 0 saturated carbocycles. The number of esters is 1. The Hall–Kier alpha value is -2.17. The van der Waals surface area contributed by atoms with Gasteiger partial charge in [-0.15, -0.1) is 0 Å². The smallest absolute Gasteiger partial charge is 0.338 e. The van der Waals surface area contributed by atoms with E-state index < -0.39 is 0 Å². The van der Waals surface area contributed by atoms with E-state index in [4.69, 9.17) is 9.57 Å². The van der Waals surface area contributed by atoms with Gasteiger partial charge in [-0.1, -0.05) is 69.2 Å². The molecule has 0 atom stereocenters. The Kier molecular flexibility index (Phi) is 8.95. The number of unbranched alkanes of at least 4 members (excludes halogenated alkanes) is 2. The normalized spacial score (nSPS) is 20.4. The fourth-order valence-electron chi connectivity index (χ4n) is 5.46. The van der Waals surface area contributed by atoms with Gasteiger partial charge >= 0.3 is 5.97 Å². The second-order valence-corrected chi connectivity index (χ2v) is 10.8. The number of rotatable bonds is 9. The van der Waals surface area contributed by atoms with Crippen LogP contribution in [-0.4, -0.2) is 34.8 Å². The highest BCUT2D eigenvalue weighted by atomic mass is 16.7. The summed E-state index contributed by atoms with van der Waals surface area (Å²) in [4.78, 5) is 19.4. The fourth-order valence-corrected chi connectivity index (χ4v) is 5.46. The summed E-state index contributed by atoms with van der Waals surface area (Å²) in [6.45, 7) is 13.8. The van der Waals surface area contributed by atoms with Crippen LogP contribution in [0.1, 0.15) is 101 Å². The number of carbonyl (C=O) groups excluding carboxylic acids is 1. The van der Waals surface area contributed by atoms with Gasteiger partial charge in [0.05, 0.1) is 12.2 Å². The Morgan fingerprint density at radius 3 is 2.21 bits per heavy atom. The summed E-state index contributed by atoms with van der Waals surface area (Å²) in [6.07, 6.45) is 18.3. The van der Waals surface area contributed by atoms with Crippen LogP contribution in [-0.2, 0) is 16.0 Å². The highest BCUT2D eigenvalue weighted by Crippen LogP contribution is 2.40. The topological polar surface area (TPSA) is 38.8 Å². The summed E-state index contributed by atoms with van der Waals surface area (Å²) in [5.41, 5.74) is 2.62. The number of aryl methyl sites for hydroxylation is 1. The van der Waals surface area contributed by atoms with Crippen molar-refractivity contribution in [2.24, 2.45) is 0 Å². The number of hydrogen-bond acceptors (Lipinski definition) is 4. The standard InChI is InChI=1S/C30H43NO3/c1-7-9-14-19-33-31-29(3,4)21-26(22-30(31,5)6)34-28(32)25-17-18-27(23(8-2)20-25)24-15-12-10-11-13-16-24/h10-13,15-18,20,24,26H,7-9,14,19,21-22H2,1-6H3. The van der Waals surface area contributed by atoms with Crippen molar-refractivity contribution < 1.29 is 14.4 Å². The molecule has 0 amide bonds. The second kappa shape index (κ2) is 11.5. The summed E-state index contributed by atoms with van der Waals surface area (Å²) >= 11 is 0. The molecule has 1 aliphatic heterocycles. The SMILES string of the molecule is CCCCCON1C(C)(C)CC(OC(=O)c2ccc(C3C=CC=CC=C3)c(CC)c2)CC1(C)C. The molecule has 0 aromatic heterocycles. The molecule has 4 heteroatoms. The molecule has 1 aromatic carbocycles. The molecule has 3 rings (SSSR count). The molecule has 4 nitrogen and oxygen atoms in total. The highest BCUT2D eigenvalue weighted by molar-refractivity contribution is 5.90. The fraction of sp³-hybridized carbons (Fsp3) is 0.567. The molecule has 34 heavy (non-hydrogen) atoms. The van der Waals surface area contributed by atoms with E-state index in [0.29, 0.717) is 5.56 Å². The van der Waals surface area contributed by atoms with Crippen molar-refractivity contribution in [3.8, 4) is 0 Å². The van der Waals surface area contributed by atoms with Gasteiger partial charge in [0.2, 0.25) is 0 Å². The Bertz CT molecular complexity index is 891. The van der Waals surface area contributed by atoms with Gasteiger partial charge in [0, 0.05) is 29.8 Å². The summed E-state index contributed by atoms with van der Waals surface area (Å²) in [5, 5.41) is 2.15. The molecule has 0 unspecified atom stereocenters. The largest absolute Gasteiger partial charge is 0.459 e. The van der Waals surface area contributed by atoms with E-state index in [1.807, 2.05) is 24.3 Å². The summed E-state index contributed by atoms with van der Waals surface area (Å²) in [7, 11) is 0. The van der Waals surface area contributed by atoms with Crippen LogP contribution in [0.4, 0.5) is 0 Å². The second-order valence-electron chi connectivity index (χ2n) is 10.8. The highest BCUT2D eigenvalue weighted by Gasteiger charge is 2.47. The van der Waals surface area contributed by atoms with Crippen LogP contribution in [0.5, 0.6) is 0 Å². The molecule has 0 N–H and O–H groups in total. The first-order valence-corrected chi connectivity index (χ1v) is 13.0. The molecule has 0 bridgehead atoms. The Balaban J connectivity index is 1.69. The third-order valence-corrected chi connectivity index (χ3v) is 6.88. The Labute approximate surface area is 206 Å². The predicted molar refractivity (Wildman–Crippen MR) is 140 cm³/mol. The van der Waals surface area contributed by atoms with Crippen molar-refractivity contribution in [1.29, 1.82) is 0 Å². The lowest BCUT2D eigenvalue weighted by molar-refractivity contribution is -0.292. The zero-order valence-electron chi connectivity index (χ0n) is 22.0. The van der Waals surface area contributed by atoms with E-state index in [2.05, 4.69) is 77.0 Å². The minimum atomic E-state index is -0.233. The molecule has 0 radical (unpaired) electrons. The van der Waals surface area contributed by atoms with Gasteiger partial charge in [-0.25, -0.2) is 4.79 Å². The van der Waals surface area contributed by atoms with E-state index in [-0.39, 0.29) is 29.1 Å². The van der Waals surface area contributed by atoms with Crippen molar-refractivity contribution in [2.45, 2.75) is 103 Å². The molecule has 1 heterocycles. The Morgan fingerprint density at radius 2 is 1.62 bits per heavy atom. The van der Waals surface area contributed by atoms with E-state index >= 15 is 0 Å². The minimum Gasteiger partial charge on any atom is -0.459 e. The minimum absolute atomic E-state index is 0.142. The van der Waals surface area contributed by atoms with Crippen LogP contribution < -0.4 is 0 Å². The number of carbonyl (C=O) groups is 1. The number of allylic oxidation sites excluding steroid dienone is 6. The van der Waals surface area contributed by atoms with Gasteiger partial charge in [-0.2, -0.15) is 5.06 Å². The number of nitrogens with zero attached hydrogens (tertiary/aromatic N) is 1. The molecule has 186 valence electrons. The van der Waals surface area contributed by atoms with Crippen molar-refractivity contribution in [3.63, 3.8) is 0 Å². The number of benzene rings is 1. The Morgan fingerprint density at radius 1 is 0.971 bits per heavy atom. The molecule has 2 aliphatic rings. The maximum Gasteiger partial charge on any atom is 0.338 e. The molecular formula is C30H43NO3. The van der Waals surface area contributed by atoms with Crippen LogP contribution in [0.15, 0.2) is 54.7 Å². The number of hydrogen-bond donors (Lipinski definition) is 0. The molecular weight excluding hydrogens is 422 g/mol. The summed E-state index contributed by atoms with van der Waals surface area (Å²) < 4.78 is 6.09. The van der Waals surface area contributed by atoms with Crippen LogP contribution in [0.2, 0.25) is 0 Å². The maximum absolute atomic E-state index is 13.2. The summed E-state index contributed by atoms with van der Waals surface area (Å²) in [6, 6.07) is 6.01. The van der Waals surface area contributed by atoms with Crippen LogP contribution in [0.25, 0.3) is 0 Å². The van der Waals surface area contributed by atoms with Crippen molar-refractivity contribution in [1.82, 2.24) is 5.06 Å². The van der Waals surface area contributed by atoms with Gasteiger partial charge < -0.3 is 4.74 Å². The van der Waals surface area contributed by atoms with Crippen molar-refractivity contribution >= 4 is 5.97 Å². The lowest BCUT2D eigenvalue weighted by Crippen LogP contribution is -2.62. The van der Waals surface area contributed by atoms with Gasteiger partial charge in [-0.3, -0.25) is 4.84 Å². The van der Waals surface area contributed by atoms with Crippen LogP contribution >= 0.6 is 0 Å². The number of piperidine rings is 1. The van der Waals surface area contributed by atoms with E-state index in [1.54, 1.807) is 0 Å². The first kappa shape index (κ1) is 26.4. The summed E-state index contributed by atoms with van der Waals surface area (Å²) in [5.74, 6) is -0.0120. The average molecular weight is 466 g/mol. The quantitative estimate of drug-likeness (QED) is 0.283. The van der Waals surface area contributed by atoms with Gasteiger partial charge in [0.25, 0.3) is 0 Å². The van der Waals surface area contributed by atoms with E-state index in [0.717, 1.165) is 32.3 Å². The van der Waals surface area contributed by atoms with E-state index in [1.165, 1.54) is 24.0 Å². The lowest BCUT2D eigenvalue weighted by atomic mass is 9.80. The molecule has 0 spiro atoms. The zero-order chi connectivity index (χ0) is 24.8. The van der Waals surface area contributed by atoms with Crippen molar-refractivity contribution in [2.75, 3.05) is 6.61 Å². The zero-order valence-corrected chi connectivity index (χ0v) is 22.0. The third kappa shape index (κ3) is 6.49. The molecule has 1 aliphatic carbocycles. The van der Waals surface area contributed by atoms with Gasteiger partial charge in [-0.05, 0) is 63.8 Å². The van der Waals surface area contributed by atoms with E-state index in [9.17, 15) is 4.79 Å². The van der Waals surface area contributed by atoms with Crippen LogP contribution in [0, 0.1) is 0 Å². The molecule has 1 aromatic rings. The maximum atomic E-state index is 13.2. The van der Waals surface area contributed by atoms with Gasteiger partial charge in [0.15, 0.2) is 0 Å². The number of ether oxygens (including phenoxy) is 1. The lowest BCUT2D eigenvalue weighted by Gasteiger charge is -2.53. The van der Waals surface area contributed by atoms with Crippen molar-refractivity contribution in [3.05, 3.63) is 71.3 Å².